The zero-order valence-corrected chi connectivity index (χ0v) is 13.0. The van der Waals surface area contributed by atoms with Gasteiger partial charge in [-0.3, -0.25) is 0 Å². The van der Waals surface area contributed by atoms with E-state index in [9.17, 15) is 0 Å². The highest BCUT2D eigenvalue weighted by atomic mass is 32.1. The van der Waals surface area contributed by atoms with Crippen LogP contribution in [0, 0.1) is 0 Å². The number of hydrogen-bond donors (Lipinski definition) is 1. The van der Waals surface area contributed by atoms with Gasteiger partial charge in [-0.05, 0) is 18.5 Å². The molecule has 0 radical (unpaired) electrons. The molecule has 0 bridgehead atoms. The fraction of sp³-hybridized carbons (Fsp3) is 0.500. The van der Waals surface area contributed by atoms with E-state index < -0.39 is 0 Å². The average Bonchev–Trinajstić information content (AvgIpc) is 2.95. The van der Waals surface area contributed by atoms with Crippen LogP contribution in [0.3, 0.4) is 0 Å². The summed E-state index contributed by atoms with van der Waals surface area (Å²) in [6, 6.07) is 4.67. The lowest BCUT2D eigenvalue weighted by Gasteiger charge is -2.15. The molecule has 1 atom stereocenters. The first kappa shape index (κ1) is 13.7. The summed E-state index contributed by atoms with van der Waals surface area (Å²) in [6.45, 7) is 6.63. The van der Waals surface area contributed by atoms with E-state index in [1.54, 1.807) is 22.7 Å². The molecule has 2 aromatic heterocycles. The first-order valence-corrected chi connectivity index (χ1v) is 7.92. The second-order valence-electron chi connectivity index (χ2n) is 5.44. The number of aromatic nitrogens is 1. The number of thiazole rings is 1. The molecule has 1 N–H and O–H groups in total. The zero-order valence-electron chi connectivity index (χ0n) is 11.4. The summed E-state index contributed by atoms with van der Waals surface area (Å²) in [6.07, 6.45) is 0.970. The minimum atomic E-state index is 0.146. The van der Waals surface area contributed by atoms with Gasteiger partial charge in [0.15, 0.2) is 0 Å². The van der Waals surface area contributed by atoms with Crippen LogP contribution in [-0.2, 0) is 11.8 Å². The Labute approximate surface area is 117 Å². The van der Waals surface area contributed by atoms with Crippen molar-refractivity contribution in [3.8, 4) is 0 Å². The quantitative estimate of drug-likeness (QED) is 0.915. The van der Waals surface area contributed by atoms with Crippen molar-refractivity contribution in [2.45, 2.75) is 38.6 Å². The summed E-state index contributed by atoms with van der Waals surface area (Å²) in [5.74, 6) is 0. The van der Waals surface area contributed by atoms with Crippen LogP contribution in [-0.4, -0.2) is 12.0 Å². The van der Waals surface area contributed by atoms with Crippen molar-refractivity contribution in [1.29, 1.82) is 0 Å². The van der Waals surface area contributed by atoms with Gasteiger partial charge in [0, 0.05) is 28.1 Å². The largest absolute Gasteiger partial charge is 0.312 e. The molecule has 0 fully saturated rings. The molecule has 0 aliphatic heterocycles. The topological polar surface area (TPSA) is 24.9 Å². The van der Waals surface area contributed by atoms with E-state index >= 15 is 0 Å². The third-order valence-corrected chi connectivity index (χ3v) is 4.79. The van der Waals surface area contributed by atoms with Crippen molar-refractivity contribution in [2.75, 3.05) is 7.05 Å². The van der Waals surface area contributed by atoms with Gasteiger partial charge in [-0.25, -0.2) is 4.98 Å². The number of rotatable bonds is 4. The highest BCUT2D eigenvalue weighted by molar-refractivity contribution is 7.10. The van der Waals surface area contributed by atoms with Gasteiger partial charge in [-0.1, -0.05) is 26.8 Å². The maximum absolute atomic E-state index is 4.76. The fourth-order valence-corrected chi connectivity index (χ4v) is 3.66. The molecule has 18 heavy (non-hydrogen) atoms. The van der Waals surface area contributed by atoms with Gasteiger partial charge in [0.2, 0.25) is 0 Å². The lowest BCUT2D eigenvalue weighted by molar-refractivity contribution is 0.562. The minimum absolute atomic E-state index is 0.146. The SMILES string of the molecule is CNC(Cc1nc(C(C)(C)C)cs1)c1cccs1. The maximum atomic E-state index is 4.76. The summed E-state index contributed by atoms with van der Waals surface area (Å²) in [5.41, 5.74) is 1.34. The number of thiophene rings is 1. The Balaban J connectivity index is 2.11. The summed E-state index contributed by atoms with van der Waals surface area (Å²) < 4.78 is 0. The van der Waals surface area contributed by atoms with Crippen molar-refractivity contribution in [1.82, 2.24) is 10.3 Å². The van der Waals surface area contributed by atoms with E-state index in [4.69, 9.17) is 4.98 Å². The molecule has 2 rings (SSSR count). The Morgan fingerprint density at radius 1 is 1.33 bits per heavy atom. The molecular weight excluding hydrogens is 260 g/mol. The van der Waals surface area contributed by atoms with Crippen LogP contribution in [0.15, 0.2) is 22.9 Å². The summed E-state index contributed by atoms with van der Waals surface area (Å²) in [7, 11) is 2.02. The van der Waals surface area contributed by atoms with Gasteiger partial charge >= 0.3 is 0 Å². The first-order valence-electron chi connectivity index (χ1n) is 6.16. The number of likely N-dealkylation sites (N-methyl/N-ethyl adjacent to an activating group) is 1. The molecule has 0 aliphatic carbocycles. The molecule has 2 nitrogen and oxygen atoms in total. The molecule has 1 unspecified atom stereocenters. The van der Waals surface area contributed by atoms with Crippen LogP contribution in [0.25, 0.3) is 0 Å². The predicted octanol–water partition coefficient (Wildman–Crippen LogP) is 4.01. The lowest BCUT2D eigenvalue weighted by Crippen LogP contribution is -2.18. The van der Waals surface area contributed by atoms with Crippen molar-refractivity contribution >= 4 is 22.7 Å². The zero-order chi connectivity index (χ0) is 13.2. The van der Waals surface area contributed by atoms with Crippen LogP contribution in [0.1, 0.15) is 42.4 Å². The van der Waals surface area contributed by atoms with Gasteiger partial charge in [0.25, 0.3) is 0 Å². The average molecular weight is 280 g/mol. The maximum Gasteiger partial charge on any atom is 0.0947 e. The fourth-order valence-electron chi connectivity index (χ4n) is 1.76. The van der Waals surface area contributed by atoms with E-state index in [0.29, 0.717) is 6.04 Å². The molecule has 0 saturated carbocycles. The second kappa shape index (κ2) is 5.51. The van der Waals surface area contributed by atoms with Gasteiger partial charge in [-0.15, -0.1) is 22.7 Å². The van der Waals surface area contributed by atoms with E-state index in [-0.39, 0.29) is 5.41 Å². The number of hydrogen-bond acceptors (Lipinski definition) is 4. The first-order chi connectivity index (χ1) is 8.50. The Hall–Kier alpha value is -0.710. The van der Waals surface area contributed by atoms with E-state index in [2.05, 4.69) is 49.0 Å². The second-order valence-corrected chi connectivity index (χ2v) is 7.36. The van der Waals surface area contributed by atoms with Crippen LogP contribution >= 0.6 is 22.7 Å². The lowest BCUT2D eigenvalue weighted by atomic mass is 9.93. The van der Waals surface area contributed by atoms with Crippen LogP contribution in [0.4, 0.5) is 0 Å². The molecule has 0 amide bonds. The molecule has 0 saturated heterocycles. The summed E-state index contributed by atoms with van der Waals surface area (Å²) >= 11 is 3.57. The van der Waals surface area contributed by atoms with Crippen molar-refractivity contribution in [3.63, 3.8) is 0 Å². The van der Waals surface area contributed by atoms with Crippen molar-refractivity contribution in [2.24, 2.45) is 0 Å². The molecular formula is C14H20N2S2. The smallest absolute Gasteiger partial charge is 0.0947 e. The van der Waals surface area contributed by atoms with Crippen molar-refractivity contribution in [3.05, 3.63) is 38.5 Å². The summed E-state index contributed by atoms with van der Waals surface area (Å²) in [5, 5.41) is 8.91. The highest BCUT2D eigenvalue weighted by Gasteiger charge is 2.19. The van der Waals surface area contributed by atoms with E-state index in [0.717, 1.165) is 6.42 Å². The molecule has 0 aromatic carbocycles. The highest BCUT2D eigenvalue weighted by Crippen LogP contribution is 2.27. The van der Waals surface area contributed by atoms with Crippen LogP contribution in [0.2, 0.25) is 0 Å². The summed E-state index contributed by atoms with van der Waals surface area (Å²) in [4.78, 5) is 6.14. The van der Waals surface area contributed by atoms with Crippen LogP contribution < -0.4 is 5.32 Å². The van der Waals surface area contributed by atoms with Gasteiger partial charge < -0.3 is 5.32 Å². The third-order valence-electron chi connectivity index (χ3n) is 2.93. The monoisotopic (exact) mass is 280 g/mol. The Morgan fingerprint density at radius 2 is 2.11 bits per heavy atom. The normalized spacial score (nSPS) is 13.8. The number of nitrogens with one attached hydrogen (secondary N) is 1. The molecule has 2 aromatic rings. The Bertz CT molecular complexity index is 480. The molecule has 0 aliphatic rings. The standard InChI is InChI=1S/C14H20N2S2/c1-14(2,3)12-9-18-13(16-12)8-10(15-4)11-6-5-7-17-11/h5-7,9-10,15H,8H2,1-4H3. The van der Waals surface area contributed by atoms with Gasteiger partial charge in [0.05, 0.1) is 10.7 Å². The molecule has 2 heterocycles. The van der Waals surface area contributed by atoms with E-state index in [1.165, 1.54) is 15.6 Å². The third kappa shape index (κ3) is 3.19. The van der Waals surface area contributed by atoms with E-state index in [1.807, 2.05) is 7.05 Å². The predicted molar refractivity (Wildman–Crippen MR) is 80.6 cm³/mol. The molecule has 98 valence electrons. The van der Waals surface area contributed by atoms with Crippen LogP contribution in [0.5, 0.6) is 0 Å². The van der Waals surface area contributed by atoms with Gasteiger partial charge in [-0.2, -0.15) is 0 Å². The Morgan fingerprint density at radius 3 is 2.61 bits per heavy atom. The Kier molecular flexibility index (Phi) is 4.20. The molecule has 4 heteroatoms. The minimum Gasteiger partial charge on any atom is -0.312 e. The van der Waals surface area contributed by atoms with Gasteiger partial charge in [0.1, 0.15) is 0 Å². The number of nitrogens with zero attached hydrogens (tertiary/aromatic N) is 1. The van der Waals surface area contributed by atoms with Crippen molar-refractivity contribution < 1.29 is 0 Å². The molecule has 0 spiro atoms.